The Kier molecular flexibility index (Phi) is 6.41. The molecule has 0 fully saturated rings. The van der Waals surface area contributed by atoms with Gasteiger partial charge in [0.2, 0.25) is 0 Å². The SMILES string of the molecule is CCC(CC)c1ccc(N(C)c2ccc(N(C)c3ccc(C)cc3)cc2)cc1. The second-order valence-corrected chi connectivity index (χ2v) is 7.57. The highest BCUT2D eigenvalue weighted by Crippen LogP contribution is 2.30. The van der Waals surface area contributed by atoms with Gasteiger partial charge in [-0.15, -0.1) is 0 Å². The molecule has 0 radical (unpaired) electrons. The van der Waals surface area contributed by atoms with Gasteiger partial charge in [0, 0.05) is 36.8 Å². The van der Waals surface area contributed by atoms with E-state index in [1.807, 2.05) is 0 Å². The van der Waals surface area contributed by atoms with Crippen LogP contribution in [0.3, 0.4) is 0 Å². The van der Waals surface area contributed by atoms with Crippen LogP contribution in [0.5, 0.6) is 0 Å². The Morgan fingerprint density at radius 1 is 0.571 bits per heavy atom. The summed E-state index contributed by atoms with van der Waals surface area (Å²) < 4.78 is 0. The van der Waals surface area contributed by atoms with E-state index in [1.165, 1.54) is 46.7 Å². The van der Waals surface area contributed by atoms with Crippen LogP contribution < -0.4 is 9.80 Å². The van der Waals surface area contributed by atoms with Gasteiger partial charge in [-0.2, -0.15) is 0 Å². The van der Waals surface area contributed by atoms with Crippen molar-refractivity contribution in [2.45, 2.75) is 39.5 Å². The third-order valence-electron chi connectivity index (χ3n) is 5.78. The van der Waals surface area contributed by atoms with Crippen molar-refractivity contribution in [3.8, 4) is 0 Å². The molecule has 3 rings (SSSR count). The lowest BCUT2D eigenvalue weighted by Gasteiger charge is -2.23. The fraction of sp³-hybridized carbons (Fsp3) is 0.308. The molecule has 0 saturated carbocycles. The molecule has 0 saturated heterocycles. The predicted molar refractivity (Wildman–Crippen MR) is 124 cm³/mol. The summed E-state index contributed by atoms with van der Waals surface area (Å²) in [6, 6.07) is 26.4. The fourth-order valence-electron chi connectivity index (χ4n) is 3.70. The average Bonchev–Trinajstić information content (AvgIpc) is 2.75. The Morgan fingerprint density at radius 3 is 1.25 bits per heavy atom. The number of hydrogen-bond donors (Lipinski definition) is 0. The second kappa shape index (κ2) is 8.97. The molecule has 0 atom stereocenters. The molecular weight excluding hydrogens is 340 g/mol. The van der Waals surface area contributed by atoms with Crippen molar-refractivity contribution in [1.82, 2.24) is 0 Å². The average molecular weight is 373 g/mol. The van der Waals surface area contributed by atoms with E-state index in [0.29, 0.717) is 5.92 Å². The van der Waals surface area contributed by atoms with Crippen molar-refractivity contribution in [1.29, 1.82) is 0 Å². The van der Waals surface area contributed by atoms with Gasteiger partial charge in [0.1, 0.15) is 0 Å². The number of anilines is 4. The Bertz CT molecular complexity index is 860. The Morgan fingerprint density at radius 2 is 0.893 bits per heavy atom. The summed E-state index contributed by atoms with van der Waals surface area (Å²) in [6.45, 7) is 6.65. The van der Waals surface area contributed by atoms with E-state index in [9.17, 15) is 0 Å². The van der Waals surface area contributed by atoms with Crippen LogP contribution in [0.1, 0.15) is 43.7 Å². The van der Waals surface area contributed by atoms with Crippen LogP contribution in [0.4, 0.5) is 22.7 Å². The van der Waals surface area contributed by atoms with Crippen LogP contribution in [0.25, 0.3) is 0 Å². The third kappa shape index (κ3) is 4.39. The standard InChI is InChI=1S/C26H32N2/c1-6-21(7-2)22-10-14-24(15-11-22)28(5)26-18-16-25(17-19-26)27(4)23-12-8-20(3)9-13-23/h8-19,21H,6-7H2,1-5H3. The van der Waals surface area contributed by atoms with Gasteiger partial charge in [-0.1, -0.05) is 43.7 Å². The maximum Gasteiger partial charge on any atom is 0.0409 e. The van der Waals surface area contributed by atoms with Gasteiger partial charge in [-0.3, -0.25) is 0 Å². The summed E-state index contributed by atoms with van der Waals surface area (Å²) in [6.07, 6.45) is 2.39. The molecule has 0 aliphatic heterocycles. The minimum absolute atomic E-state index is 0.663. The molecule has 28 heavy (non-hydrogen) atoms. The van der Waals surface area contributed by atoms with Gasteiger partial charge in [0.05, 0.1) is 0 Å². The summed E-state index contributed by atoms with van der Waals surface area (Å²) in [4.78, 5) is 4.46. The highest BCUT2D eigenvalue weighted by atomic mass is 15.1. The summed E-state index contributed by atoms with van der Waals surface area (Å²) in [5.74, 6) is 0.663. The number of rotatable bonds is 7. The summed E-state index contributed by atoms with van der Waals surface area (Å²) in [5, 5.41) is 0. The van der Waals surface area contributed by atoms with E-state index in [-0.39, 0.29) is 0 Å². The smallest absolute Gasteiger partial charge is 0.0409 e. The Hall–Kier alpha value is -2.74. The van der Waals surface area contributed by atoms with Crippen molar-refractivity contribution >= 4 is 22.7 Å². The highest BCUT2D eigenvalue weighted by Gasteiger charge is 2.10. The van der Waals surface area contributed by atoms with Gasteiger partial charge >= 0.3 is 0 Å². The van der Waals surface area contributed by atoms with Gasteiger partial charge in [-0.05, 0) is 79.8 Å². The van der Waals surface area contributed by atoms with Crippen LogP contribution in [-0.4, -0.2) is 14.1 Å². The monoisotopic (exact) mass is 372 g/mol. The lowest BCUT2D eigenvalue weighted by Crippen LogP contribution is -2.11. The largest absolute Gasteiger partial charge is 0.345 e. The molecule has 3 aromatic rings. The lowest BCUT2D eigenvalue weighted by atomic mass is 9.94. The first-order valence-corrected chi connectivity index (χ1v) is 10.3. The molecule has 0 unspecified atom stereocenters. The van der Waals surface area contributed by atoms with E-state index in [1.54, 1.807) is 0 Å². The topological polar surface area (TPSA) is 6.48 Å². The zero-order chi connectivity index (χ0) is 20.1. The van der Waals surface area contributed by atoms with E-state index < -0.39 is 0 Å². The molecule has 0 bridgehead atoms. The van der Waals surface area contributed by atoms with Crippen LogP contribution >= 0.6 is 0 Å². The third-order valence-corrected chi connectivity index (χ3v) is 5.78. The number of nitrogens with zero attached hydrogens (tertiary/aromatic N) is 2. The van der Waals surface area contributed by atoms with Gasteiger partial charge in [0.25, 0.3) is 0 Å². The normalized spacial score (nSPS) is 10.9. The molecule has 0 N–H and O–H groups in total. The summed E-state index contributed by atoms with van der Waals surface area (Å²) in [5.41, 5.74) is 7.51. The Balaban J connectivity index is 1.74. The first-order valence-electron chi connectivity index (χ1n) is 10.3. The van der Waals surface area contributed by atoms with Crippen LogP contribution in [0, 0.1) is 6.92 Å². The number of aryl methyl sites for hydroxylation is 1. The van der Waals surface area contributed by atoms with Crippen molar-refractivity contribution in [2.24, 2.45) is 0 Å². The molecule has 0 aliphatic carbocycles. The Labute approximate surface area is 170 Å². The highest BCUT2D eigenvalue weighted by molar-refractivity contribution is 5.68. The van der Waals surface area contributed by atoms with Gasteiger partial charge < -0.3 is 9.80 Å². The van der Waals surface area contributed by atoms with E-state index in [2.05, 4.69) is 117 Å². The maximum absolute atomic E-state index is 2.28. The number of benzene rings is 3. The second-order valence-electron chi connectivity index (χ2n) is 7.57. The molecule has 2 heteroatoms. The molecule has 0 aliphatic rings. The number of hydrogen-bond acceptors (Lipinski definition) is 2. The van der Waals surface area contributed by atoms with Crippen LogP contribution in [0.15, 0.2) is 72.8 Å². The molecule has 0 amide bonds. The predicted octanol–water partition coefficient (Wildman–Crippen LogP) is 7.43. The van der Waals surface area contributed by atoms with Crippen LogP contribution in [0.2, 0.25) is 0 Å². The first kappa shape index (κ1) is 20.0. The van der Waals surface area contributed by atoms with Crippen molar-refractivity contribution in [3.63, 3.8) is 0 Å². The van der Waals surface area contributed by atoms with Crippen molar-refractivity contribution in [2.75, 3.05) is 23.9 Å². The van der Waals surface area contributed by atoms with Crippen LogP contribution in [-0.2, 0) is 0 Å². The van der Waals surface area contributed by atoms with Crippen molar-refractivity contribution < 1.29 is 0 Å². The lowest BCUT2D eigenvalue weighted by molar-refractivity contribution is 0.642. The molecule has 3 aromatic carbocycles. The molecule has 146 valence electrons. The molecule has 0 heterocycles. The molecule has 0 aromatic heterocycles. The molecule has 0 spiro atoms. The minimum Gasteiger partial charge on any atom is -0.345 e. The fourth-order valence-corrected chi connectivity index (χ4v) is 3.70. The molecular formula is C26H32N2. The van der Waals surface area contributed by atoms with E-state index in [4.69, 9.17) is 0 Å². The van der Waals surface area contributed by atoms with Crippen molar-refractivity contribution in [3.05, 3.63) is 83.9 Å². The van der Waals surface area contributed by atoms with Gasteiger partial charge in [0.15, 0.2) is 0 Å². The summed E-state index contributed by atoms with van der Waals surface area (Å²) >= 11 is 0. The first-order chi connectivity index (χ1) is 13.5. The zero-order valence-corrected chi connectivity index (χ0v) is 17.8. The quantitative estimate of drug-likeness (QED) is 0.425. The van der Waals surface area contributed by atoms with Gasteiger partial charge in [-0.25, -0.2) is 0 Å². The zero-order valence-electron chi connectivity index (χ0n) is 17.8. The van der Waals surface area contributed by atoms with E-state index in [0.717, 1.165) is 0 Å². The minimum atomic E-state index is 0.663. The summed E-state index contributed by atoms with van der Waals surface area (Å²) in [7, 11) is 4.24. The molecule has 2 nitrogen and oxygen atoms in total. The maximum atomic E-state index is 2.28. The van der Waals surface area contributed by atoms with E-state index >= 15 is 0 Å².